The summed E-state index contributed by atoms with van der Waals surface area (Å²) in [7, 11) is 0. The highest BCUT2D eigenvalue weighted by Crippen LogP contribution is 2.28. The van der Waals surface area contributed by atoms with Crippen LogP contribution in [-0.2, 0) is 17.8 Å². The Morgan fingerprint density at radius 3 is 2.55 bits per heavy atom. The van der Waals surface area contributed by atoms with E-state index in [1.165, 1.54) is 5.56 Å². The molecule has 1 aliphatic rings. The number of halogens is 2. The van der Waals surface area contributed by atoms with Crippen LogP contribution in [0.15, 0.2) is 36.4 Å². The summed E-state index contributed by atoms with van der Waals surface area (Å²) in [5, 5.41) is 25.3. The Hall–Kier alpha value is -2.55. The van der Waals surface area contributed by atoms with Gasteiger partial charge in [-0.05, 0) is 46.7 Å². The Morgan fingerprint density at radius 2 is 1.90 bits per heavy atom. The standard InChI is InChI=1S/C23H28F2N2O4/c1-13(2)15-3-4-16-11-31-12-21(19(16)8-15)26-10-22(28)20(27-23(29)30)7-14-5-17(24)9-18(25)6-14/h3-6,8-9,13,20-22,26-28H,7,10-12H2,1-2H3,(H,29,30)/t20-,21?,22+/m0/s1. The van der Waals surface area contributed by atoms with Gasteiger partial charge >= 0.3 is 6.09 Å². The van der Waals surface area contributed by atoms with Crippen LogP contribution in [0.25, 0.3) is 0 Å². The largest absolute Gasteiger partial charge is 0.465 e. The van der Waals surface area contributed by atoms with Gasteiger partial charge in [0.2, 0.25) is 0 Å². The number of nitrogens with one attached hydrogen (secondary N) is 2. The molecule has 0 aromatic heterocycles. The maximum Gasteiger partial charge on any atom is 0.404 e. The zero-order valence-corrected chi connectivity index (χ0v) is 17.6. The van der Waals surface area contributed by atoms with Gasteiger partial charge in [0.1, 0.15) is 11.6 Å². The van der Waals surface area contributed by atoms with Crippen LogP contribution in [0.1, 0.15) is 48.1 Å². The minimum Gasteiger partial charge on any atom is -0.465 e. The first kappa shape index (κ1) is 23.1. The van der Waals surface area contributed by atoms with E-state index in [1.807, 2.05) is 6.07 Å². The van der Waals surface area contributed by atoms with Crippen molar-refractivity contribution >= 4 is 6.09 Å². The molecule has 1 aliphatic heterocycles. The number of hydrogen-bond donors (Lipinski definition) is 4. The highest BCUT2D eigenvalue weighted by Gasteiger charge is 2.26. The fourth-order valence-corrected chi connectivity index (χ4v) is 3.80. The maximum absolute atomic E-state index is 13.5. The fourth-order valence-electron chi connectivity index (χ4n) is 3.80. The monoisotopic (exact) mass is 434 g/mol. The number of amides is 1. The molecule has 0 bridgehead atoms. The van der Waals surface area contributed by atoms with Crippen molar-refractivity contribution < 1.29 is 28.5 Å². The molecule has 1 heterocycles. The van der Waals surface area contributed by atoms with Crippen molar-refractivity contribution in [3.05, 3.63) is 70.3 Å². The molecule has 3 rings (SSSR count). The van der Waals surface area contributed by atoms with E-state index >= 15 is 0 Å². The topological polar surface area (TPSA) is 90.8 Å². The molecule has 0 aliphatic carbocycles. The summed E-state index contributed by atoms with van der Waals surface area (Å²) in [5.41, 5.74) is 3.62. The van der Waals surface area contributed by atoms with Crippen LogP contribution in [0.4, 0.5) is 13.6 Å². The molecule has 6 nitrogen and oxygen atoms in total. The second-order valence-electron chi connectivity index (χ2n) is 8.19. The molecule has 0 saturated carbocycles. The third-order valence-electron chi connectivity index (χ3n) is 5.48. The van der Waals surface area contributed by atoms with E-state index in [4.69, 9.17) is 9.84 Å². The van der Waals surface area contributed by atoms with Gasteiger partial charge in [0.05, 0.1) is 31.4 Å². The average Bonchev–Trinajstić information content (AvgIpc) is 2.70. The lowest BCUT2D eigenvalue weighted by atomic mass is 9.92. The molecule has 3 atom stereocenters. The van der Waals surface area contributed by atoms with Crippen LogP contribution in [0.2, 0.25) is 0 Å². The Bertz CT molecular complexity index is 902. The second-order valence-corrected chi connectivity index (χ2v) is 8.19. The summed E-state index contributed by atoms with van der Waals surface area (Å²) >= 11 is 0. The van der Waals surface area contributed by atoms with Crippen LogP contribution >= 0.6 is 0 Å². The van der Waals surface area contributed by atoms with Crippen molar-refractivity contribution in [1.82, 2.24) is 10.6 Å². The van der Waals surface area contributed by atoms with Crippen LogP contribution in [-0.4, -0.2) is 41.6 Å². The highest BCUT2D eigenvalue weighted by atomic mass is 19.1. The SMILES string of the molecule is CC(C)c1ccc2c(c1)C(NC[C@@H](O)[C@H](Cc1cc(F)cc(F)c1)NC(=O)O)COC2. The lowest BCUT2D eigenvalue weighted by molar-refractivity contribution is 0.0697. The number of hydrogen-bond acceptors (Lipinski definition) is 4. The van der Waals surface area contributed by atoms with E-state index in [0.717, 1.165) is 29.3 Å². The first-order valence-electron chi connectivity index (χ1n) is 10.3. The van der Waals surface area contributed by atoms with Gasteiger partial charge in [-0.1, -0.05) is 32.0 Å². The molecule has 2 aromatic carbocycles. The minimum absolute atomic E-state index is 0.0565. The Morgan fingerprint density at radius 1 is 1.19 bits per heavy atom. The van der Waals surface area contributed by atoms with Crippen molar-refractivity contribution in [2.75, 3.05) is 13.2 Å². The summed E-state index contributed by atoms with van der Waals surface area (Å²) < 4.78 is 32.6. The van der Waals surface area contributed by atoms with Crippen molar-refractivity contribution in [2.24, 2.45) is 0 Å². The van der Waals surface area contributed by atoms with Crippen molar-refractivity contribution in [2.45, 2.75) is 51.0 Å². The van der Waals surface area contributed by atoms with Crippen LogP contribution in [0.3, 0.4) is 0 Å². The van der Waals surface area contributed by atoms with Gasteiger partial charge in [-0.25, -0.2) is 13.6 Å². The molecule has 8 heteroatoms. The van der Waals surface area contributed by atoms with E-state index in [2.05, 4.69) is 36.6 Å². The maximum atomic E-state index is 13.5. The van der Waals surface area contributed by atoms with Gasteiger partial charge in [0, 0.05) is 12.6 Å². The predicted octanol–water partition coefficient (Wildman–Crippen LogP) is 3.49. The Kier molecular flexibility index (Phi) is 7.59. The second kappa shape index (κ2) is 10.2. The quantitative estimate of drug-likeness (QED) is 0.511. The number of aliphatic hydroxyl groups excluding tert-OH is 1. The number of benzene rings is 2. The van der Waals surface area contributed by atoms with E-state index in [0.29, 0.717) is 19.1 Å². The van der Waals surface area contributed by atoms with Gasteiger partial charge in [-0.3, -0.25) is 0 Å². The average molecular weight is 434 g/mol. The van der Waals surface area contributed by atoms with Crippen molar-refractivity contribution in [3.63, 3.8) is 0 Å². The zero-order chi connectivity index (χ0) is 22.5. The lowest BCUT2D eigenvalue weighted by Gasteiger charge is -2.30. The van der Waals surface area contributed by atoms with Gasteiger partial charge in [-0.2, -0.15) is 0 Å². The number of ether oxygens (including phenoxy) is 1. The highest BCUT2D eigenvalue weighted by molar-refractivity contribution is 5.65. The molecule has 168 valence electrons. The first-order valence-corrected chi connectivity index (χ1v) is 10.3. The normalized spacial score (nSPS) is 17.8. The van der Waals surface area contributed by atoms with E-state index in [9.17, 15) is 18.7 Å². The summed E-state index contributed by atoms with van der Waals surface area (Å²) in [6.45, 7) is 5.24. The van der Waals surface area contributed by atoms with Crippen LogP contribution in [0.5, 0.6) is 0 Å². The molecule has 0 spiro atoms. The molecule has 2 aromatic rings. The predicted molar refractivity (Wildman–Crippen MR) is 112 cm³/mol. The third kappa shape index (κ3) is 6.22. The summed E-state index contributed by atoms with van der Waals surface area (Å²) in [5.74, 6) is -1.14. The Labute approximate surface area is 180 Å². The van der Waals surface area contributed by atoms with Gasteiger partial charge in [-0.15, -0.1) is 0 Å². The van der Waals surface area contributed by atoms with Crippen molar-refractivity contribution in [3.8, 4) is 0 Å². The van der Waals surface area contributed by atoms with Gasteiger partial charge in [0.15, 0.2) is 0 Å². The zero-order valence-electron chi connectivity index (χ0n) is 17.6. The van der Waals surface area contributed by atoms with E-state index < -0.39 is 29.9 Å². The number of fused-ring (bicyclic) bond motifs is 1. The molecular weight excluding hydrogens is 406 g/mol. The van der Waals surface area contributed by atoms with Gasteiger partial charge in [0.25, 0.3) is 0 Å². The third-order valence-corrected chi connectivity index (χ3v) is 5.48. The van der Waals surface area contributed by atoms with Crippen LogP contribution in [0, 0.1) is 11.6 Å². The molecule has 1 unspecified atom stereocenters. The van der Waals surface area contributed by atoms with E-state index in [1.54, 1.807) is 0 Å². The summed E-state index contributed by atoms with van der Waals surface area (Å²) in [6, 6.07) is 8.14. The lowest BCUT2D eigenvalue weighted by Crippen LogP contribution is -2.49. The molecular formula is C23H28F2N2O4. The molecule has 0 fully saturated rings. The van der Waals surface area contributed by atoms with Crippen LogP contribution < -0.4 is 10.6 Å². The fraction of sp³-hybridized carbons (Fsp3) is 0.435. The molecule has 31 heavy (non-hydrogen) atoms. The number of rotatable bonds is 8. The number of carbonyl (C=O) groups is 1. The van der Waals surface area contributed by atoms with E-state index in [-0.39, 0.29) is 24.6 Å². The Balaban J connectivity index is 1.70. The number of aliphatic hydroxyl groups is 1. The molecule has 0 saturated heterocycles. The van der Waals surface area contributed by atoms with Crippen molar-refractivity contribution in [1.29, 1.82) is 0 Å². The molecule has 4 N–H and O–H groups in total. The number of carboxylic acid groups (broad SMARTS) is 1. The minimum atomic E-state index is -1.33. The van der Waals surface area contributed by atoms with Gasteiger partial charge < -0.3 is 25.6 Å². The smallest absolute Gasteiger partial charge is 0.404 e. The molecule has 0 radical (unpaired) electrons. The summed E-state index contributed by atoms with van der Waals surface area (Å²) in [4.78, 5) is 11.2. The first-order chi connectivity index (χ1) is 14.7. The molecule has 1 amide bonds. The summed E-state index contributed by atoms with van der Waals surface area (Å²) in [6.07, 6.45) is -2.51.